The van der Waals surface area contributed by atoms with Crippen molar-refractivity contribution in [1.82, 2.24) is 29.9 Å². The molecule has 27 heavy (non-hydrogen) atoms. The fraction of sp³-hybridized carbons (Fsp3) is 0.333. The van der Waals surface area contributed by atoms with E-state index in [1.807, 2.05) is 24.5 Å². The van der Waals surface area contributed by atoms with E-state index >= 15 is 0 Å². The number of rotatable bonds is 7. The maximum absolute atomic E-state index is 12.6. The molecule has 0 saturated carbocycles. The number of H-pyrrole nitrogens is 1. The third kappa shape index (κ3) is 4.34. The van der Waals surface area contributed by atoms with Crippen molar-refractivity contribution in [3.8, 4) is 5.95 Å². The van der Waals surface area contributed by atoms with Crippen LogP contribution in [0.1, 0.15) is 28.7 Å². The average molecular weight is 407 g/mol. The molecule has 0 aromatic carbocycles. The number of anilines is 1. The van der Waals surface area contributed by atoms with Gasteiger partial charge in [-0.15, -0.1) is 10.2 Å². The number of carbonyl (C=O) groups excluding carboxylic acids is 2. The number of thioether (sulfide) groups is 1. The molecule has 0 unspecified atom stereocenters. The van der Waals surface area contributed by atoms with E-state index in [-0.39, 0.29) is 18.1 Å². The van der Waals surface area contributed by atoms with Gasteiger partial charge in [0.05, 0.1) is 12.4 Å². The summed E-state index contributed by atoms with van der Waals surface area (Å²) in [6.45, 7) is 5.75. The van der Waals surface area contributed by atoms with E-state index in [0.717, 1.165) is 11.4 Å². The number of hydrogen-bond donors (Lipinski definition) is 2. The van der Waals surface area contributed by atoms with Crippen LogP contribution in [0.4, 0.5) is 9.93 Å². The summed E-state index contributed by atoms with van der Waals surface area (Å²) in [6, 6.07) is 1.83. The number of hydrogen-bond acceptors (Lipinski definition) is 9. The zero-order chi connectivity index (χ0) is 19.4. The molecule has 12 heteroatoms. The van der Waals surface area contributed by atoms with Crippen molar-refractivity contribution in [2.45, 2.75) is 25.1 Å². The van der Waals surface area contributed by atoms with Crippen LogP contribution in [0.3, 0.4) is 0 Å². The summed E-state index contributed by atoms with van der Waals surface area (Å²) in [6.07, 6.45) is 0.837. The smallest absolute Gasteiger partial charge is 0.413 e. The summed E-state index contributed by atoms with van der Waals surface area (Å²) in [5.74, 6) is 0.735. The first kappa shape index (κ1) is 19.0. The van der Waals surface area contributed by atoms with Gasteiger partial charge in [0.15, 0.2) is 10.1 Å². The van der Waals surface area contributed by atoms with E-state index in [1.165, 1.54) is 29.4 Å². The quantitative estimate of drug-likeness (QED) is 0.347. The first-order valence-corrected chi connectivity index (χ1v) is 9.77. The van der Waals surface area contributed by atoms with Gasteiger partial charge in [-0.2, -0.15) is 10.1 Å². The van der Waals surface area contributed by atoms with Gasteiger partial charge in [0.1, 0.15) is 6.33 Å². The van der Waals surface area contributed by atoms with Crippen molar-refractivity contribution in [2.75, 3.05) is 17.7 Å². The SMILES string of the molecule is CCOC(=O)Nc1nnc(SCC(=O)c2cc(C)n(-c3ncn[nH]3)c2C)s1. The van der Waals surface area contributed by atoms with E-state index in [1.54, 1.807) is 6.92 Å². The van der Waals surface area contributed by atoms with Crippen molar-refractivity contribution < 1.29 is 14.3 Å². The Hall–Kier alpha value is -2.73. The Balaban J connectivity index is 1.64. The Labute approximate surface area is 162 Å². The highest BCUT2D eigenvalue weighted by molar-refractivity contribution is 8.01. The Morgan fingerprint density at radius 1 is 1.37 bits per heavy atom. The first-order valence-electron chi connectivity index (χ1n) is 7.97. The van der Waals surface area contributed by atoms with Crippen LogP contribution >= 0.6 is 23.1 Å². The first-order chi connectivity index (χ1) is 13.0. The van der Waals surface area contributed by atoms with E-state index in [4.69, 9.17) is 4.74 Å². The minimum atomic E-state index is -0.582. The molecular formula is C15H17N7O3S2. The lowest BCUT2D eigenvalue weighted by Gasteiger charge is -2.04. The molecule has 0 aliphatic carbocycles. The summed E-state index contributed by atoms with van der Waals surface area (Å²) in [5, 5.41) is 17.3. The number of aromatic nitrogens is 6. The second-order valence-corrected chi connectivity index (χ2v) is 7.56. The van der Waals surface area contributed by atoms with Crippen molar-refractivity contribution in [1.29, 1.82) is 0 Å². The monoisotopic (exact) mass is 407 g/mol. The number of ether oxygens (including phenoxy) is 1. The number of aryl methyl sites for hydroxylation is 1. The van der Waals surface area contributed by atoms with Crippen LogP contribution < -0.4 is 5.32 Å². The van der Waals surface area contributed by atoms with Gasteiger partial charge < -0.3 is 4.74 Å². The zero-order valence-electron chi connectivity index (χ0n) is 14.8. The number of amides is 1. The van der Waals surface area contributed by atoms with Crippen LogP contribution in [-0.2, 0) is 4.74 Å². The van der Waals surface area contributed by atoms with E-state index in [2.05, 4.69) is 30.7 Å². The van der Waals surface area contributed by atoms with Crippen molar-refractivity contribution in [3.05, 3.63) is 29.3 Å². The Morgan fingerprint density at radius 3 is 2.89 bits per heavy atom. The highest BCUT2D eigenvalue weighted by atomic mass is 32.2. The molecule has 142 valence electrons. The lowest BCUT2D eigenvalue weighted by Crippen LogP contribution is -2.12. The predicted octanol–water partition coefficient (Wildman–Crippen LogP) is 2.61. The van der Waals surface area contributed by atoms with E-state index in [9.17, 15) is 9.59 Å². The number of ketones is 1. The maximum Gasteiger partial charge on any atom is 0.413 e. The van der Waals surface area contributed by atoms with Crippen molar-refractivity contribution in [2.24, 2.45) is 0 Å². The molecule has 0 aliphatic rings. The number of nitrogens with zero attached hydrogens (tertiary/aromatic N) is 5. The molecule has 0 bridgehead atoms. The fourth-order valence-corrected chi connectivity index (χ4v) is 4.08. The lowest BCUT2D eigenvalue weighted by molar-refractivity contribution is 0.102. The van der Waals surface area contributed by atoms with Crippen LogP contribution in [0.25, 0.3) is 5.95 Å². The van der Waals surface area contributed by atoms with Gasteiger partial charge in [-0.3, -0.25) is 14.7 Å². The molecule has 0 spiro atoms. The number of Topliss-reactive ketones (excluding diaryl/α,β-unsaturated/α-hetero) is 1. The Kier molecular flexibility index (Phi) is 5.86. The van der Waals surface area contributed by atoms with Crippen molar-refractivity contribution in [3.63, 3.8) is 0 Å². The Morgan fingerprint density at radius 2 is 2.19 bits per heavy atom. The minimum Gasteiger partial charge on any atom is -0.450 e. The maximum atomic E-state index is 12.6. The molecule has 3 heterocycles. The van der Waals surface area contributed by atoms with Crippen LogP contribution in [0.5, 0.6) is 0 Å². The molecule has 3 rings (SSSR count). The van der Waals surface area contributed by atoms with Crippen LogP contribution in [0.2, 0.25) is 0 Å². The zero-order valence-corrected chi connectivity index (χ0v) is 16.5. The van der Waals surface area contributed by atoms with Crippen molar-refractivity contribution >= 4 is 40.1 Å². The summed E-state index contributed by atoms with van der Waals surface area (Å²) >= 11 is 2.45. The molecule has 2 N–H and O–H groups in total. The number of nitrogens with one attached hydrogen (secondary N) is 2. The molecule has 0 aliphatic heterocycles. The molecular weight excluding hydrogens is 390 g/mol. The molecule has 1 amide bonds. The van der Waals surface area contributed by atoms with E-state index in [0.29, 0.717) is 21.0 Å². The van der Waals surface area contributed by atoms with Gasteiger partial charge in [-0.1, -0.05) is 23.1 Å². The van der Waals surface area contributed by atoms with Crippen LogP contribution in [0, 0.1) is 13.8 Å². The molecule has 0 saturated heterocycles. The summed E-state index contributed by atoms with van der Waals surface area (Å²) in [4.78, 5) is 28.1. The van der Waals surface area contributed by atoms with Gasteiger partial charge in [0.25, 0.3) is 0 Å². The molecule has 0 radical (unpaired) electrons. The minimum absolute atomic E-state index is 0.0334. The number of carbonyl (C=O) groups is 2. The average Bonchev–Trinajstić information content (AvgIpc) is 3.34. The van der Waals surface area contributed by atoms with Crippen LogP contribution in [-0.4, -0.2) is 54.2 Å². The highest BCUT2D eigenvalue weighted by Crippen LogP contribution is 2.27. The van der Waals surface area contributed by atoms with Gasteiger partial charge in [0, 0.05) is 17.0 Å². The second kappa shape index (κ2) is 8.31. The fourth-order valence-electron chi connectivity index (χ4n) is 2.46. The number of aromatic amines is 1. The summed E-state index contributed by atoms with van der Waals surface area (Å²) < 4.78 is 7.21. The van der Waals surface area contributed by atoms with E-state index < -0.39 is 6.09 Å². The van der Waals surface area contributed by atoms with Crippen LogP contribution in [0.15, 0.2) is 16.7 Å². The molecule has 10 nitrogen and oxygen atoms in total. The highest BCUT2D eigenvalue weighted by Gasteiger charge is 2.19. The largest absolute Gasteiger partial charge is 0.450 e. The molecule has 0 fully saturated rings. The second-order valence-electron chi connectivity index (χ2n) is 5.36. The van der Waals surface area contributed by atoms with Gasteiger partial charge in [-0.05, 0) is 26.8 Å². The molecule has 3 aromatic heterocycles. The lowest BCUT2D eigenvalue weighted by atomic mass is 10.2. The Bertz CT molecular complexity index is 949. The van der Waals surface area contributed by atoms with Gasteiger partial charge in [-0.25, -0.2) is 9.89 Å². The predicted molar refractivity (Wildman–Crippen MR) is 101 cm³/mol. The standard InChI is InChI=1S/C15H17N7O3S2/c1-4-25-14(24)18-13-20-21-15(27-13)26-6-11(23)10-5-8(2)22(9(10)3)12-16-7-17-19-12/h5,7H,4,6H2,1-3H3,(H,16,17,19)(H,18,20,24). The van der Waals surface area contributed by atoms with Gasteiger partial charge in [0.2, 0.25) is 11.1 Å². The third-order valence-corrected chi connectivity index (χ3v) is 5.54. The van der Waals surface area contributed by atoms with Gasteiger partial charge >= 0.3 is 6.09 Å². The summed E-state index contributed by atoms with van der Waals surface area (Å²) in [7, 11) is 0. The summed E-state index contributed by atoms with van der Waals surface area (Å²) in [5.41, 5.74) is 2.29. The molecule has 3 aromatic rings. The molecule has 0 atom stereocenters. The normalized spacial score (nSPS) is 10.8. The third-order valence-electron chi connectivity index (χ3n) is 3.56. The topological polar surface area (TPSA) is 128 Å².